The van der Waals surface area contributed by atoms with Gasteiger partial charge in [0.05, 0.1) is 0 Å². The quantitative estimate of drug-likeness (QED) is 0.390. The van der Waals surface area contributed by atoms with Gasteiger partial charge in [0.1, 0.15) is 0 Å². The third kappa shape index (κ3) is 15.9. The zero-order valence-electron chi connectivity index (χ0n) is 8.70. The Hall–Kier alpha value is 1.15. The van der Waals surface area contributed by atoms with E-state index in [4.69, 9.17) is 9.79 Å². The third-order valence-corrected chi connectivity index (χ3v) is 2.70. The van der Waals surface area contributed by atoms with E-state index < -0.39 is 7.60 Å². The van der Waals surface area contributed by atoms with Gasteiger partial charge >= 0.3 is 7.60 Å². The summed E-state index contributed by atoms with van der Waals surface area (Å²) in [6.45, 7) is 2.15. The molecule has 0 spiro atoms. The molecule has 0 heterocycles. The van der Waals surface area contributed by atoms with Crippen molar-refractivity contribution in [3.8, 4) is 0 Å². The van der Waals surface area contributed by atoms with Gasteiger partial charge in [0.25, 0.3) is 0 Å². The summed E-state index contributed by atoms with van der Waals surface area (Å²) in [6, 6.07) is 0. The second-order valence-corrected chi connectivity index (χ2v) is 4.93. The van der Waals surface area contributed by atoms with E-state index in [1.54, 1.807) is 0 Å². The van der Waals surface area contributed by atoms with E-state index >= 15 is 0 Å². The van der Waals surface area contributed by atoms with Crippen molar-refractivity contribution in [2.45, 2.75) is 45.4 Å². The Morgan fingerprint density at radius 1 is 1.00 bits per heavy atom. The van der Waals surface area contributed by atoms with Gasteiger partial charge in [-0.15, -0.1) is 0 Å². The second-order valence-electron chi connectivity index (χ2n) is 3.16. The molecule has 0 unspecified atom stereocenters. The molecule has 0 bridgehead atoms. The first-order chi connectivity index (χ1) is 5.56. The van der Waals surface area contributed by atoms with Gasteiger partial charge in [-0.1, -0.05) is 39.0 Å². The van der Waals surface area contributed by atoms with Crippen molar-refractivity contribution in [3.05, 3.63) is 0 Å². The largest absolute Gasteiger partial charge is 0.325 e. The zero-order chi connectivity index (χ0) is 9.45. The first-order valence-electron chi connectivity index (χ1n) is 4.61. The van der Waals surface area contributed by atoms with Crippen LogP contribution in [-0.4, -0.2) is 45.5 Å². The molecule has 3 nitrogen and oxygen atoms in total. The smallest absolute Gasteiger partial charge is 0.324 e. The molecule has 0 aromatic heterocycles. The molecule has 0 rings (SSSR count). The predicted octanol–water partition coefficient (Wildman–Crippen LogP) is 2.14. The van der Waals surface area contributed by atoms with Crippen molar-refractivity contribution >= 4 is 37.2 Å². The Labute approximate surface area is 103 Å². The second kappa shape index (κ2) is 9.70. The van der Waals surface area contributed by atoms with Crippen molar-refractivity contribution in [2.75, 3.05) is 6.16 Å². The fourth-order valence-electron chi connectivity index (χ4n) is 1.10. The summed E-state index contributed by atoms with van der Waals surface area (Å²) >= 11 is 0. The summed E-state index contributed by atoms with van der Waals surface area (Å²) < 4.78 is 10.4. The van der Waals surface area contributed by atoms with Crippen molar-refractivity contribution in [1.82, 2.24) is 0 Å². The molecule has 0 saturated carbocycles. The van der Waals surface area contributed by atoms with Crippen LogP contribution in [0.5, 0.6) is 0 Å². The van der Waals surface area contributed by atoms with Gasteiger partial charge in [-0.05, 0) is 6.42 Å². The van der Waals surface area contributed by atoms with Crippen molar-refractivity contribution < 1.29 is 14.4 Å². The normalized spacial score (nSPS) is 11.0. The third-order valence-electron chi connectivity index (χ3n) is 1.80. The maximum Gasteiger partial charge on any atom is 0.325 e. The number of rotatable bonds is 7. The Morgan fingerprint density at radius 3 is 1.92 bits per heavy atom. The van der Waals surface area contributed by atoms with Gasteiger partial charge in [0.15, 0.2) is 0 Å². The molecule has 0 aromatic rings. The molecule has 5 heteroatoms. The fourth-order valence-corrected chi connectivity index (χ4v) is 1.73. The maximum atomic E-state index is 10.4. The molecule has 0 atom stereocenters. The van der Waals surface area contributed by atoms with E-state index in [1.807, 2.05) is 0 Å². The minimum atomic E-state index is -3.72. The number of hydrogen-bond donors (Lipinski definition) is 2. The Balaban J connectivity index is 0. The molecule has 0 aromatic carbocycles. The molecule has 0 amide bonds. The van der Waals surface area contributed by atoms with Crippen LogP contribution in [0.25, 0.3) is 0 Å². The van der Waals surface area contributed by atoms with Crippen molar-refractivity contribution in [3.63, 3.8) is 0 Å². The van der Waals surface area contributed by atoms with Crippen LogP contribution < -0.4 is 0 Å². The molecule has 2 N–H and O–H groups in total. The van der Waals surface area contributed by atoms with Gasteiger partial charge in [0.2, 0.25) is 0 Å². The first-order valence-corrected chi connectivity index (χ1v) is 6.40. The topological polar surface area (TPSA) is 57.5 Å². The van der Waals surface area contributed by atoms with E-state index in [0.717, 1.165) is 12.8 Å². The van der Waals surface area contributed by atoms with Crippen LogP contribution in [0.2, 0.25) is 0 Å². The van der Waals surface area contributed by atoms with E-state index in [0.29, 0.717) is 6.42 Å². The van der Waals surface area contributed by atoms with Gasteiger partial charge in [-0.25, -0.2) is 0 Å². The molecule has 0 aliphatic rings. The molecular formula is C8H19NaO3P. The Bertz CT molecular complexity index is 146. The monoisotopic (exact) mass is 217 g/mol. The molecule has 0 aliphatic carbocycles. The molecule has 0 fully saturated rings. The molecule has 0 aliphatic heterocycles. The standard InChI is InChI=1S/C8H19O3P.Na/c1-2-3-4-5-6-7-8-12(9,10)11;/h2-8H2,1H3,(H2,9,10,11);. The summed E-state index contributed by atoms with van der Waals surface area (Å²) in [5, 5.41) is 0. The summed E-state index contributed by atoms with van der Waals surface area (Å²) in [5.74, 6) is 0. The Kier molecular flexibility index (Phi) is 12.4. The maximum absolute atomic E-state index is 10.4. The van der Waals surface area contributed by atoms with Crippen LogP contribution in [-0.2, 0) is 4.57 Å². The average Bonchev–Trinajstić information content (AvgIpc) is 1.94. The predicted molar refractivity (Wildman–Crippen MR) is 56.0 cm³/mol. The van der Waals surface area contributed by atoms with Gasteiger partial charge in [-0.3, -0.25) is 4.57 Å². The molecule has 13 heavy (non-hydrogen) atoms. The zero-order valence-corrected chi connectivity index (χ0v) is 11.6. The number of unbranched alkanes of at least 4 members (excludes halogenated alkanes) is 5. The number of hydrogen-bond acceptors (Lipinski definition) is 1. The summed E-state index contributed by atoms with van der Waals surface area (Å²) in [5.41, 5.74) is 0. The minimum Gasteiger partial charge on any atom is -0.324 e. The minimum absolute atomic E-state index is 0. The summed E-state index contributed by atoms with van der Waals surface area (Å²) in [7, 11) is -3.72. The molecule has 75 valence electrons. The van der Waals surface area contributed by atoms with E-state index in [1.165, 1.54) is 19.3 Å². The van der Waals surface area contributed by atoms with Crippen LogP contribution in [0.3, 0.4) is 0 Å². The molecular weight excluding hydrogens is 198 g/mol. The van der Waals surface area contributed by atoms with Gasteiger partial charge in [0, 0.05) is 35.7 Å². The van der Waals surface area contributed by atoms with E-state index in [2.05, 4.69) is 6.92 Å². The van der Waals surface area contributed by atoms with E-state index in [-0.39, 0.29) is 35.7 Å². The van der Waals surface area contributed by atoms with E-state index in [9.17, 15) is 4.57 Å². The summed E-state index contributed by atoms with van der Waals surface area (Å²) in [6.07, 6.45) is 6.40. The SMILES string of the molecule is CCCCCCCCP(=O)(O)O.[Na]. The van der Waals surface area contributed by atoms with Crippen molar-refractivity contribution in [2.24, 2.45) is 0 Å². The van der Waals surface area contributed by atoms with Crippen LogP contribution in [0.1, 0.15) is 45.4 Å². The first kappa shape index (κ1) is 16.6. The molecule has 0 saturated heterocycles. The van der Waals surface area contributed by atoms with Crippen LogP contribution in [0, 0.1) is 0 Å². The van der Waals surface area contributed by atoms with Crippen LogP contribution in [0.4, 0.5) is 0 Å². The molecule has 1 radical (unpaired) electrons. The van der Waals surface area contributed by atoms with Crippen molar-refractivity contribution in [1.29, 1.82) is 0 Å². The fraction of sp³-hybridized carbons (Fsp3) is 1.00. The van der Waals surface area contributed by atoms with Crippen LogP contribution in [0.15, 0.2) is 0 Å². The average molecular weight is 217 g/mol. The van der Waals surface area contributed by atoms with Gasteiger partial charge in [-0.2, -0.15) is 0 Å². The summed E-state index contributed by atoms with van der Waals surface area (Å²) in [4.78, 5) is 17.1. The van der Waals surface area contributed by atoms with Crippen LogP contribution >= 0.6 is 7.60 Å². The Morgan fingerprint density at radius 2 is 1.46 bits per heavy atom. The van der Waals surface area contributed by atoms with Gasteiger partial charge < -0.3 is 9.79 Å².